The van der Waals surface area contributed by atoms with Crippen molar-refractivity contribution in [2.75, 3.05) is 59.1 Å². The zero-order valence-corrected chi connectivity index (χ0v) is 51.6. The van der Waals surface area contributed by atoms with Gasteiger partial charge < -0.3 is 69.1 Å². The number of carbonyl (C=O) groups is 5. The summed E-state index contributed by atoms with van der Waals surface area (Å²) in [5, 5.41) is 37.5. The Bertz CT molecular complexity index is 3300. The minimum absolute atomic E-state index is 0.0148. The van der Waals surface area contributed by atoms with Gasteiger partial charge in [-0.25, -0.2) is 50.3 Å². The van der Waals surface area contributed by atoms with Crippen LogP contribution in [-0.4, -0.2) is 138 Å². The van der Waals surface area contributed by atoms with Crippen LogP contribution in [0.25, 0.3) is 0 Å². The molecule has 28 heteroatoms. The zero-order valence-electron chi connectivity index (χ0n) is 49.3. The zero-order chi connectivity index (χ0) is 67.5. The van der Waals surface area contributed by atoms with Crippen LogP contribution in [0.5, 0.6) is 17.2 Å². The summed E-state index contributed by atoms with van der Waals surface area (Å²) < 4.78 is 124. The molecule has 92 heavy (non-hydrogen) atoms. The van der Waals surface area contributed by atoms with Crippen LogP contribution in [0.4, 0.5) is 31.1 Å². The molecule has 19 nitrogen and oxygen atoms in total. The quantitative estimate of drug-likeness (QED) is 0.0389. The van der Waals surface area contributed by atoms with Crippen LogP contribution in [0.1, 0.15) is 55.8 Å². The van der Waals surface area contributed by atoms with Crippen LogP contribution in [0.15, 0.2) is 152 Å². The molecule has 3 aliphatic rings. The highest BCUT2D eigenvalue weighted by Gasteiger charge is 2.36. The van der Waals surface area contributed by atoms with Crippen molar-refractivity contribution in [2.45, 2.75) is 63.0 Å². The first-order valence-electron chi connectivity index (χ1n) is 27.8. The van der Waals surface area contributed by atoms with Crippen LogP contribution in [-0.2, 0) is 38.1 Å². The molecule has 3 saturated heterocycles. The number of halogens is 9. The van der Waals surface area contributed by atoms with E-state index in [0.29, 0.717) is 73.8 Å². The third kappa shape index (κ3) is 25.4. The lowest BCUT2D eigenvalue weighted by Crippen LogP contribution is -2.50. The van der Waals surface area contributed by atoms with Gasteiger partial charge in [-0.15, -0.1) is 0 Å². The fourth-order valence-electron chi connectivity index (χ4n) is 8.46. The Morgan fingerprint density at radius 3 is 1.11 bits per heavy atom. The number of benzene rings is 6. The van der Waals surface area contributed by atoms with Crippen molar-refractivity contribution < 1.29 is 104 Å². The molecule has 6 atom stereocenters. The van der Waals surface area contributed by atoms with Gasteiger partial charge in [-0.05, 0) is 110 Å². The molecule has 0 unspecified atom stereocenters. The van der Waals surface area contributed by atoms with E-state index in [2.05, 4.69) is 10.6 Å². The summed E-state index contributed by atoms with van der Waals surface area (Å²) in [6, 6.07) is 31.3. The molecule has 6 aromatic carbocycles. The van der Waals surface area contributed by atoms with Crippen molar-refractivity contribution in [1.29, 1.82) is 0 Å². The number of hydrogen-bond donors (Lipinski definition) is 6. The van der Waals surface area contributed by atoms with E-state index in [9.17, 15) is 50.3 Å². The number of amides is 1. The lowest BCUT2D eigenvalue weighted by Gasteiger charge is -2.37. The van der Waals surface area contributed by atoms with Gasteiger partial charge in [0.2, 0.25) is 0 Å². The highest BCUT2D eigenvalue weighted by Crippen LogP contribution is 2.36. The van der Waals surface area contributed by atoms with E-state index >= 15 is 0 Å². The second-order valence-corrected chi connectivity index (χ2v) is 21.7. The fourth-order valence-corrected chi connectivity index (χ4v) is 8.96. The maximum Gasteiger partial charge on any atom is 0.410 e. The maximum atomic E-state index is 14.5. The summed E-state index contributed by atoms with van der Waals surface area (Å²) in [6.07, 6.45) is -1.81. The fraction of sp³-hybridized carbons (Fsp3) is 0.297. The van der Waals surface area contributed by atoms with Crippen molar-refractivity contribution in [3.05, 3.63) is 218 Å². The lowest BCUT2D eigenvalue weighted by molar-refractivity contribution is -0.134. The Hall–Kier alpha value is -8.40. The van der Waals surface area contributed by atoms with Crippen LogP contribution in [0.3, 0.4) is 0 Å². The highest BCUT2D eigenvalue weighted by molar-refractivity contribution is 6.31. The Morgan fingerprint density at radius 2 is 0.815 bits per heavy atom. The molecule has 0 aromatic heterocycles. The SMILES string of the molecule is CC(C)(C)OC(=O)N1CCO[C@H]([C@@H](Oc2cccc(Cl)c2F)c2cccc(F)c2)C1.Fc1cccc([C@H](Oc2cccc(Cl)c2F)[C@@H]2CNCCO2)c1.Fc1cccc([C@H](Oc2cccc(Cl)c2F)[C@@H]2CNCCO2)c1.O=C(O)/C=C/C(=O)O.O=C(O)/C=C/C(=O)O. The van der Waals surface area contributed by atoms with Gasteiger partial charge in [0.05, 0.1) is 41.4 Å². The van der Waals surface area contributed by atoms with Gasteiger partial charge in [0.25, 0.3) is 0 Å². The van der Waals surface area contributed by atoms with Crippen molar-refractivity contribution in [2.24, 2.45) is 0 Å². The number of morpholine rings is 3. The number of nitrogens with one attached hydrogen (secondary N) is 2. The predicted molar refractivity (Wildman–Crippen MR) is 325 cm³/mol. The molecule has 0 bridgehead atoms. The van der Waals surface area contributed by atoms with Crippen molar-refractivity contribution in [3.8, 4) is 17.2 Å². The minimum Gasteiger partial charge on any atom is -0.480 e. The van der Waals surface area contributed by atoms with Gasteiger partial charge in [0, 0.05) is 57.0 Å². The van der Waals surface area contributed by atoms with Crippen LogP contribution in [0, 0.1) is 34.9 Å². The second-order valence-electron chi connectivity index (χ2n) is 20.5. The van der Waals surface area contributed by atoms with E-state index in [1.165, 1.54) is 83.8 Å². The first-order chi connectivity index (χ1) is 43.7. The van der Waals surface area contributed by atoms with Gasteiger partial charge in [-0.3, -0.25) is 0 Å². The molecule has 3 heterocycles. The van der Waals surface area contributed by atoms with Gasteiger partial charge in [0.1, 0.15) is 41.4 Å². The molecule has 0 saturated carbocycles. The molecule has 6 N–H and O–H groups in total. The largest absolute Gasteiger partial charge is 0.480 e. The maximum absolute atomic E-state index is 14.5. The molecule has 0 radical (unpaired) electrons. The topological polar surface area (TPSA) is 258 Å². The number of carboxylic acids is 4. The monoisotopic (exact) mass is 1350 g/mol. The van der Waals surface area contributed by atoms with E-state index in [1.54, 1.807) is 69.3 Å². The number of aliphatic carboxylic acids is 4. The Kier molecular flexibility index (Phi) is 30.1. The van der Waals surface area contributed by atoms with E-state index in [1.807, 2.05) is 0 Å². The summed E-state index contributed by atoms with van der Waals surface area (Å²) in [6.45, 7) is 9.61. The van der Waals surface area contributed by atoms with Crippen LogP contribution < -0.4 is 24.8 Å². The van der Waals surface area contributed by atoms with Crippen molar-refractivity contribution >= 4 is 64.8 Å². The number of rotatable bonds is 16. The molecule has 0 aliphatic carbocycles. The summed E-state index contributed by atoms with van der Waals surface area (Å²) >= 11 is 17.5. The molecule has 3 fully saturated rings. The molecular formula is C64H64Cl3F6N3O16. The third-order valence-electron chi connectivity index (χ3n) is 12.4. The number of hydrogen-bond acceptors (Lipinski definition) is 14. The molecule has 1 amide bonds. The summed E-state index contributed by atoms with van der Waals surface area (Å²) in [7, 11) is 0. The molecule has 0 spiro atoms. The summed E-state index contributed by atoms with van der Waals surface area (Å²) in [4.78, 5) is 52.2. The van der Waals surface area contributed by atoms with Crippen LogP contribution in [0.2, 0.25) is 15.1 Å². The standard InChI is InChI=1S/C22H24ClF2NO4.2C17H16ClF2NO2.2C4H4O4/c1-22(2,3)30-21(27)26-10-11-28-18(13-26)20(14-6-4-7-15(24)12-14)29-17-9-5-8-16(23)19(17)25;2*18-13-5-2-6-14(16(13)20)23-17(15-10-21-7-8-22-15)11-3-1-4-12(19)9-11;2*5-3(6)1-2-4(7)8/h4-9,12,18,20H,10-11,13H2,1-3H3;2*1-6,9,15,17,21H,7-8,10H2;2*1-2H,(H,5,6)(H,7,8)/b;;;2*2-1+/t18-,20-;2*15-,17-;;/m000../s1. The van der Waals surface area contributed by atoms with E-state index in [0.717, 1.165) is 13.1 Å². The molecular weight excluding hydrogens is 1290 g/mol. The molecule has 6 aromatic rings. The third-order valence-corrected chi connectivity index (χ3v) is 13.3. The average molecular weight is 1350 g/mol. The average Bonchev–Trinajstić information content (AvgIpc) is 0.912. The number of carbonyl (C=O) groups excluding carboxylic acids is 1. The first kappa shape index (κ1) is 74.3. The molecule has 494 valence electrons. The molecule has 3 aliphatic heterocycles. The smallest absolute Gasteiger partial charge is 0.410 e. The van der Waals surface area contributed by atoms with Gasteiger partial charge in [-0.2, -0.15) is 0 Å². The number of nitrogens with zero attached hydrogens (tertiary/aromatic N) is 1. The lowest BCUT2D eigenvalue weighted by atomic mass is 10.0. The summed E-state index contributed by atoms with van der Waals surface area (Å²) in [5.74, 6) is -8.32. The first-order valence-corrected chi connectivity index (χ1v) is 28.9. The Balaban J connectivity index is 0.000000225. The van der Waals surface area contributed by atoms with Gasteiger partial charge in [0.15, 0.2) is 53.0 Å². The highest BCUT2D eigenvalue weighted by atomic mass is 35.5. The summed E-state index contributed by atoms with van der Waals surface area (Å²) in [5.41, 5.74) is 0.967. The second kappa shape index (κ2) is 37.2. The van der Waals surface area contributed by atoms with E-state index in [-0.39, 0.29) is 69.3 Å². The van der Waals surface area contributed by atoms with E-state index in [4.69, 9.17) is 88.4 Å². The van der Waals surface area contributed by atoms with Gasteiger partial charge >= 0.3 is 30.0 Å². The van der Waals surface area contributed by atoms with Crippen molar-refractivity contribution in [1.82, 2.24) is 15.5 Å². The van der Waals surface area contributed by atoms with Gasteiger partial charge in [-0.1, -0.05) is 89.4 Å². The molecule has 9 rings (SSSR count). The van der Waals surface area contributed by atoms with Crippen molar-refractivity contribution in [3.63, 3.8) is 0 Å². The Morgan fingerprint density at radius 1 is 0.500 bits per heavy atom. The number of ether oxygens (including phenoxy) is 7. The van der Waals surface area contributed by atoms with Crippen LogP contribution >= 0.6 is 34.8 Å². The minimum atomic E-state index is -1.26. The normalized spacial score (nSPS) is 17.2. The number of carboxylic acid groups (broad SMARTS) is 4. The Labute approximate surface area is 539 Å². The van der Waals surface area contributed by atoms with E-state index < -0.39 is 83.3 Å². The predicted octanol–water partition coefficient (Wildman–Crippen LogP) is 12.3.